The highest BCUT2D eigenvalue weighted by molar-refractivity contribution is 7.38. The molecule has 0 unspecified atom stereocenters. The first-order chi connectivity index (χ1) is 18.2. The van der Waals surface area contributed by atoms with Gasteiger partial charge < -0.3 is 0 Å². The molecule has 5 aromatic rings. The molecule has 3 heterocycles. The summed E-state index contributed by atoms with van der Waals surface area (Å²) in [7, 11) is 0. The Balaban J connectivity index is 1.24. The van der Waals surface area contributed by atoms with E-state index >= 15 is 0 Å². The van der Waals surface area contributed by atoms with Gasteiger partial charge in [0.1, 0.15) is 0 Å². The highest BCUT2D eigenvalue weighted by Crippen LogP contribution is 2.44. The number of hydrogen-bond acceptors (Lipinski definition) is 3. The van der Waals surface area contributed by atoms with Crippen LogP contribution in [0.2, 0.25) is 0 Å². The lowest BCUT2D eigenvalue weighted by Gasteiger charge is -2.01. The van der Waals surface area contributed by atoms with E-state index in [2.05, 4.69) is 98.8 Å². The number of rotatable bonds is 12. The molecule has 0 radical (unpaired) electrons. The first-order valence-corrected chi connectivity index (χ1v) is 16.2. The minimum absolute atomic E-state index is 1.19. The molecular formula is C34H36S3. The number of hydrogen-bond donors (Lipinski definition) is 0. The number of thiophene rings is 3. The van der Waals surface area contributed by atoms with Gasteiger partial charge in [0.25, 0.3) is 0 Å². The van der Waals surface area contributed by atoms with E-state index in [4.69, 9.17) is 0 Å². The average Bonchev–Trinajstić information content (AvgIpc) is 3.59. The fourth-order valence-electron chi connectivity index (χ4n) is 4.64. The standard InChI is InChI=1S/C34H36S3/c1-3-5-7-9-25-11-15-27(16-12-25)19-21-29-23-31-33(35-29)34-32(37-31)24-30(36-34)22-20-28-17-13-26(14-18-28)10-8-6-4-2/h11-24H,3-10H2,1-2H3/b21-19+,22-20+. The van der Waals surface area contributed by atoms with E-state index in [-0.39, 0.29) is 0 Å². The van der Waals surface area contributed by atoms with E-state index in [1.165, 1.54) is 102 Å². The molecule has 37 heavy (non-hydrogen) atoms. The van der Waals surface area contributed by atoms with E-state index < -0.39 is 0 Å². The number of benzene rings is 2. The molecule has 0 aliphatic carbocycles. The third-order valence-electron chi connectivity index (χ3n) is 6.84. The van der Waals surface area contributed by atoms with Crippen LogP contribution in [0.25, 0.3) is 43.1 Å². The summed E-state index contributed by atoms with van der Waals surface area (Å²) in [6.45, 7) is 4.52. The predicted octanol–water partition coefficient (Wildman–Crippen LogP) is 12.0. The molecule has 0 N–H and O–H groups in total. The fourth-order valence-corrected chi connectivity index (χ4v) is 8.49. The second-order valence-electron chi connectivity index (χ2n) is 9.85. The molecule has 0 saturated carbocycles. The minimum Gasteiger partial charge on any atom is -0.133 e. The quantitative estimate of drug-likeness (QED) is 0.138. The molecule has 3 aromatic heterocycles. The van der Waals surface area contributed by atoms with Gasteiger partial charge in [0, 0.05) is 19.2 Å². The SMILES string of the molecule is CCCCCc1ccc(/C=C/c2cc3sc4cc(/C=C/c5ccc(CCCCC)cc5)sc4c3s2)cc1. The molecule has 3 heteroatoms. The Morgan fingerprint density at radius 3 is 1.35 bits per heavy atom. The van der Waals surface area contributed by atoms with Gasteiger partial charge >= 0.3 is 0 Å². The van der Waals surface area contributed by atoms with Crippen molar-refractivity contribution in [3.63, 3.8) is 0 Å². The van der Waals surface area contributed by atoms with Gasteiger partial charge in [0.2, 0.25) is 0 Å². The second-order valence-corrected chi connectivity index (χ2v) is 13.1. The minimum atomic E-state index is 1.19. The molecule has 0 aliphatic heterocycles. The van der Waals surface area contributed by atoms with Crippen molar-refractivity contribution in [1.82, 2.24) is 0 Å². The normalized spacial score (nSPS) is 12.2. The number of aryl methyl sites for hydroxylation is 2. The van der Waals surface area contributed by atoms with Crippen molar-refractivity contribution in [2.24, 2.45) is 0 Å². The third kappa shape index (κ3) is 6.90. The maximum Gasteiger partial charge on any atom is 0.0635 e. The van der Waals surface area contributed by atoms with Gasteiger partial charge in [-0.25, -0.2) is 0 Å². The Labute approximate surface area is 234 Å². The van der Waals surface area contributed by atoms with Crippen LogP contribution in [-0.4, -0.2) is 0 Å². The van der Waals surface area contributed by atoms with Crippen molar-refractivity contribution in [3.8, 4) is 0 Å². The Bertz CT molecular complexity index is 1360. The molecule has 0 bridgehead atoms. The van der Waals surface area contributed by atoms with Crippen molar-refractivity contribution in [3.05, 3.63) is 92.7 Å². The van der Waals surface area contributed by atoms with Crippen molar-refractivity contribution in [1.29, 1.82) is 0 Å². The number of fused-ring (bicyclic) bond motifs is 3. The maximum atomic E-state index is 2.35. The van der Waals surface area contributed by atoms with Crippen LogP contribution in [0.4, 0.5) is 0 Å². The topological polar surface area (TPSA) is 0 Å². The lowest BCUT2D eigenvalue weighted by atomic mass is 10.1. The summed E-state index contributed by atoms with van der Waals surface area (Å²) < 4.78 is 5.69. The summed E-state index contributed by atoms with van der Waals surface area (Å²) >= 11 is 5.76. The van der Waals surface area contributed by atoms with Crippen LogP contribution >= 0.6 is 34.0 Å². The molecule has 2 aromatic carbocycles. The largest absolute Gasteiger partial charge is 0.133 e. The van der Waals surface area contributed by atoms with Gasteiger partial charge in [-0.2, -0.15) is 0 Å². The summed E-state index contributed by atoms with van der Waals surface area (Å²) in [5, 5.41) is 0. The summed E-state index contributed by atoms with van der Waals surface area (Å²) in [6, 6.07) is 22.9. The van der Waals surface area contributed by atoms with Gasteiger partial charge in [0.15, 0.2) is 0 Å². The average molecular weight is 541 g/mol. The molecule has 0 aliphatic rings. The first-order valence-electron chi connectivity index (χ1n) is 13.7. The Kier molecular flexibility index (Phi) is 9.10. The zero-order chi connectivity index (χ0) is 25.5. The predicted molar refractivity (Wildman–Crippen MR) is 172 cm³/mol. The smallest absolute Gasteiger partial charge is 0.0635 e. The van der Waals surface area contributed by atoms with Crippen molar-refractivity contribution < 1.29 is 0 Å². The molecule has 0 atom stereocenters. The Morgan fingerprint density at radius 1 is 0.514 bits per heavy atom. The van der Waals surface area contributed by atoms with Crippen LogP contribution in [0.1, 0.15) is 84.4 Å². The summed E-state index contributed by atoms with van der Waals surface area (Å²) in [6.07, 6.45) is 19.2. The Hall–Kier alpha value is -2.46. The second kappa shape index (κ2) is 12.9. The van der Waals surface area contributed by atoms with E-state index in [0.717, 1.165) is 0 Å². The molecule has 0 saturated heterocycles. The zero-order valence-corrected chi connectivity index (χ0v) is 24.4. The van der Waals surface area contributed by atoms with Crippen molar-refractivity contribution in [2.45, 2.75) is 65.2 Å². The van der Waals surface area contributed by atoms with E-state index in [9.17, 15) is 0 Å². The molecule has 0 fully saturated rings. The van der Waals surface area contributed by atoms with E-state index in [1.807, 2.05) is 34.0 Å². The molecule has 0 spiro atoms. The van der Waals surface area contributed by atoms with E-state index in [1.54, 1.807) is 0 Å². The lowest BCUT2D eigenvalue weighted by molar-refractivity contribution is 0.717. The molecule has 5 rings (SSSR count). The Morgan fingerprint density at radius 2 is 0.946 bits per heavy atom. The monoisotopic (exact) mass is 540 g/mol. The molecular weight excluding hydrogens is 505 g/mol. The highest BCUT2D eigenvalue weighted by atomic mass is 32.1. The van der Waals surface area contributed by atoms with Gasteiger partial charge in [-0.1, -0.05) is 100 Å². The van der Waals surface area contributed by atoms with Gasteiger partial charge in [-0.3, -0.25) is 0 Å². The van der Waals surface area contributed by atoms with Gasteiger partial charge in [-0.15, -0.1) is 34.0 Å². The fraction of sp³-hybridized carbons (Fsp3) is 0.294. The van der Waals surface area contributed by atoms with Crippen LogP contribution in [0.15, 0.2) is 60.7 Å². The zero-order valence-electron chi connectivity index (χ0n) is 22.0. The van der Waals surface area contributed by atoms with Crippen LogP contribution in [0, 0.1) is 0 Å². The highest BCUT2D eigenvalue weighted by Gasteiger charge is 2.11. The summed E-state index contributed by atoms with van der Waals surface area (Å²) in [5.74, 6) is 0. The van der Waals surface area contributed by atoms with Crippen LogP contribution < -0.4 is 0 Å². The molecule has 0 nitrogen and oxygen atoms in total. The van der Waals surface area contributed by atoms with Crippen LogP contribution in [0.5, 0.6) is 0 Å². The van der Waals surface area contributed by atoms with Crippen molar-refractivity contribution >= 4 is 77.1 Å². The van der Waals surface area contributed by atoms with Gasteiger partial charge in [0.05, 0.1) is 9.40 Å². The maximum absolute atomic E-state index is 2.35. The lowest BCUT2D eigenvalue weighted by Crippen LogP contribution is -1.85. The third-order valence-corrected chi connectivity index (χ3v) is 10.5. The van der Waals surface area contributed by atoms with Crippen molar-refractivity contribution in [2.75, 3.05) is 0 Å². The van der Waals surface area contributed by atoms with E-state index in [0.29, 0.717) is 0 Å². The molecule has 190 valence electrons. The van der Waals surface area contributed by atoms with Gasteiger partial charge in [-0.05, 0) is 72.2 Å². The van der Waals surface area contributed by atoms with Crippen LogP contribution in [-0.2, 0) is 12.8 Å². The number of unbranched alkanes of at least 4 members (excludes halogenated alkanes) is 4. The summed E-state index contributed by atoms with van der Waals surface area (Å²) in [5.41, 5.74) is 5.45. The summed E-state index contributed by atoms with van der Waals surface area (Å²) in [4.78, 5) is 2.67. The first kappa shape index (κ1) is 26.2. The van der Waals surface area contributed by atoms with Crippen LogP contribution in [0.3, 0.4) is 0 Å². The molecule has 0 amide bonds.